The summed E-state index contributed by atoms with van der Waals surface area (Å²) < 4.78 is 24.3. The molecule has 0 saturated carbocycles. The van der Waals surface area contributed by atoms with Crippen LogP contribution in [0.4, 0.5) is 21.0 Å². The molecule has 0 fully saturated rings. The number of fused-ring (bicyclic) bond motifs is 12. The number of nitrogens with one attached hydrogen (secondary N) is 1. The number of nitrogens with zero attached hydrogens (tertiary/aromatic N) is 13. The molecule has 0 aliphatic carbocycles. The summed E-state index contributed by atoms with van der Waals surface area (Å²) in [5.74, 6) is 0.809. The quantitative estimate of drug-likeness (QED) is 0.0288. The first-order valence-corrected chi connectivity index (χ1v) is 50.3. The number of ether oxygens (including phenoxy) is 2. The number of aliphatic carboxylic acids is 3. The summed E-state index contributed by atoms with van der Waals surface area (Å²) >= 11 is 48.7. The van der Waals surface area contributed by atoms with Crippen LogP contribution in [0.3, 0.4) is 0 Å². The molecule has 0 radical (unpaired) electrons. The number of nitrogens with two attached hydrogens (primary N) is 2. The Hall–Kier alpha value is -8.50. The summed E-state index contributed by atoms with van der Waals surface area (Å²) in [6, 6.07) is 46.6. The molecular weight excluding hydrogens is 2580 g/mol. The van der Waals surface area contributed by atoms with Gasteiger partial charge in [-0.15, -0.1) is 21.5 Å². The fraction of sp³-hybridized carbons (Fsp3) is 0.232. The Morgan fingerprint density at radius 2 is 1.04 bits per heavy atom. The number of carbonyl (C=O) groups is 6. The first kappa shape index (κ1) is 124. The number of aromatic carboxylic acids is 1. The van der Waals surface area contributed by atoms with Gasteiger partial charge in [0.2, 0.25) is 0 Å². The number of anilines is 2. The van der Waals surface area contributed by atoms with E-state index in [1.54, 1.807) is 75.2 Å². The number of aliphatic hydroxyl groups is 1. The molecule has 6 aromatic heterocycles. The maximum absolute atomic E-state index is 11.7. The first-order valence-electron chi connectivity index (χ1n) is 41.8. The molecule has 5 aliphatic heterocycles. The largest absolute Gasteiger partial charge is 1.00 e. The number of aliphatic imine (C=N–C) groups is 2. The molecule has 0 unspecified atom stereocenters. The maximum Gasteiger partial charge on any atom is 1.00 e. The second kappa shape index (κ2) is 59.9. The summed E-state index contributed by atoms with van der Waals surface area (Å²) in [4.78, 5) is 88.5. The smallest absolute Gasteiger partial charge is 1.00 e. The number of imidazole rings is 4. The van der Waals surface area contributed by atoms with Crippen molar-refractivity contribution in [3.05, 3.63) is 336 Å². The van der Waals surface area contributed by atoms with Gasteiger partial charge in [0.15, 0.2) is 5.82 Å². The van der Waals surface area contributed by atoms with E-state index in [9.17, 15) is 24.3 Å². The van der Waals surface area contributed by atoms with E-state index in [0.29, 0.717) is 24.5 Å². The number of carboxylic acids is 4. The van der Waals surface area contributed by atoms with Crippen LogP contribution in [0.1, 0.15) is 160 Å². The van der Waals surface area contributed by atoms with Crippen molar-refractivity contribution in [1.29, 1.82) is 0 Å². The Bertz CT molecular complexity index is 6570. The van der Waals surface area contributed by atoms with Crippen molar-refractivity contribution in [3.8, 4) is 39.2 Å². The van der Waals surface area contributed by atoms with E-state index in [1.807, 2.05) is 236 Å². The van der Waals surface area contributed by atoms with Gasteiger partial charge < -0.3 is 66.2 Å². The molecule has 8 aromatic carbocycles. The van der Waals surface area contributed by atoms with Gasteiger partial charge in [-0.1, -0.05) is 111 Å². The Kier molecular flexibility index (Phi) is 52.3. The molecule has 0 saturated heterocycles. The molecule has 19 rings (SSSR count). The number of rotatable bonds is 9. The molecule has 142 heavy (non-hydrogen) atoms. The minimum absolute atomic E-state index is 0. The second-order valence-corrected chi connectivity index (χ2v) is 41.1. The molecule has 0 spiro atoms. The van der Waals surface area contributed by atoms with Crippen LogP contribution in [-0.4, -0.2) is 138 Å². The van der Waals surface area contributed by atoms with Crippen LogP contribution in [0.25, 0.3) is 39.2 Å². The van der Waals surface area contributed by atoms with Gasteiger partial charge in [0.1, 0.15) is 45.5 Å². The van der Waals surface area contributed by atoms with E-state index in [0.717, 1.165) is 149 Å². The normalized spacial score (nSPS) is 11.9. The van der Waals surface area contributed by atoms with Crippen LogP contribution < -0.4 is 46.3 Å². The second-order valence-electron chi connectivity index (χ2n) is 32.0. The van der Waals surface area contributed by atoms with Crippen LogP contribution in [0, 0.1) is 35.1 Å². The molecule has 2 amide bonds. The third-order valence-electron chi connectivity index (χ3n) is 18.9. The molecule has 11 heterocycles. The number of amides is 2. The molecular formula is C99H102BrCl6I4N16NaO13PdS. The number of allylic oxidation sites excluding steroid dienone is 1. The number of aromatic nitrogens is 11. The molecule has 10 N–H and O–H groups in total. The van der Waals surface area contributed by atoms with Crippen molar-refractivity contribution in [1.82, 2.24) is 53.0 Å². The zero-order valence-electron chi connectivity index (χ0n) is 78.9. The van der Waals surface area contributed by atoms with Gasteiger partial charge in [-0.05, 0) is 331 Å². The number of hydrogen-bond acceptors (Lipinski definition) is 19. The summed E-state index contributed by atoms with van der Waals surface area (Å²) in [6.45, 7) is 22.4. The number of thiophene rings is 1. The minimum atomic E-state index is -0.947. The Balaban J connectivity index is 0.000000336. The van der Waals surface area contributed by atoms with Crippen molar-refractivity contribution in [2.24, 2.45) is 15.7 Å². The number of alkyl halides is 1. The Morgan fingerprint density at radius 1 is 0.585 bits per heavy atom. The maximum atomic E-state index is 11.7. The average Bonchev–Trinajstić information content (AvgIpc) is 1.57. The molecule has 5 aliphatic rings. The summed E-state index contributed by atoms with van der Waals surface area (Å²) in [7, 11) is 0. The predicted octanol–water partition coefficient (Wildman–Crippen LogP) is 23.5. The SMILES string of the molecule is C.C1=CN=CC1.CC(=O)O.CC(=O)O.CC(C)(C)OC(=O)Nc1ccc2c(c1)Cn1ccnc1-2.CC(C)(C)OC(N)=O.Cc1sc2c(c1C)C(c1ccc(Cl)cc1)=N[C@@H](CC(=O)O)c1nnc(C)n1-2.Clc1ccc(I)c(CBr)c1.Clc1ccc(I)c(Cn2ccnc2)c1.Clc1ccc2c(c1)Cn1ccnc1-2.Nc1ccc2c(c1)Cn1ccnc1-2.O=C(O)c1cc(Cl)ccc1I.OCc1cc(Cl)ccc1I.[H-].[Na+].[Pd]. The Labute approximate surface area is 957 Å². The number of primary amides is 1. The molecule has 43 heteroatoms. The number of nitrogen functional groups attached to an aromatic ring is 1. The molecule has 0 bridgehead atoms. The zero-order chi connectivity index (χ0) is 102. The van der Waals surface area contributed by atoms with E-state index in [4.69, 9.17) is 121 Å². The number of carboxylic acid groups (broad SMARTS) is 4. The third kappa shape index (κ3) is 39.7. The number of benzene rings is 8. The topological polar surface area (TPSA) is 413 Å². The standard InChI is InChI=1S/C19H17ClN4O2S.C15H17N3O2.C10H8ClIN2.C10H7ClN2.C10H9N3.C7H5BrClI.C7H4ClIO2.C7H6ClIO.C5H11NO2.C4H5N.2C2H4O2.CH4.Na.Pd.H/c1-9-10(2)27-19-16(9)17(12-4-6-13(20)7-5-12)21-14(8-15(25)26)18-23-22-11(3)24(18)19;1-15(2,3)20-14(19)17-11-4-5-12-10(8-11)9-18-7-6-16-13(12)18;11-9-1-2-10(12)8(5-9)6-14-4-3-13-7-14;2*11-8-1-2-9-7(5-8)6-13-4-3-12-10(9)13;8-4-5-3-6(9)1-2-7(5)10;8-4-1-2-6(9)5(3-4)7(10)11;8-6-1-2-7(9)5(3-6)4-10;1-5(2,3)8-4(6)7;1-2-4-5-3-1;2*1-2(3)4;;;;/h4-7,14H,8H2,1-3H3,(H,25,26);4-8H,9H2,1-3H3,(H,17,19);1-5,7H,6H2;1-5H,6H2;1-5H,6,11H2;1-3H,4H2;1-3H,(H,10,11);1-3,10H,4H2;1-3H3,(H2,6,7);1,3-4H,2H2;2*1H3,(H,3,4);1H4;;;/q;;;;;;;;;;;;;+1;;-1/t14-;;;;;;;;;;;;;;;/m0.............../s1. The van der Waals surface area contributed by atoms with Crippen LogP contribution in [0.15, 0.2) is 230 Å². The van der Waals surface area contributed by atoms with E-state index in [1.165, 1.54) is 51.5 Å². The van der Waals surface area contributed by atoms with Crippen molar-refractivity contribution >= 4 is 247 Å². The zero-order valence-corrected chi connectivity index (χ0v) is 97.1. The summed E-state index contributed by atoms with van der Waals surface area (Å²) in [5.41, 5.74) is 25.6. The first-order chi connectivity index (χ1) is 65.7. The van der Waals surface area contributed by atoms with Gasteiger partial charge in [0.05, 0.1) is 30.6 Å². The van der Waals surface area contributed by atoms with Crippen LogP contribution >= 0.6 is 187 Å². The summed E-state index contributed by atoms with van der Waals surface area (Å²) in [5, 5.41) is 58.8. The van der Waals surface area contributed by atoms with Gasteiger partial charge in [-0.2, -0.15) is 0 Å². The van der Waals surface area contributed by atoms with Gasteiger partial charge in [0.25, 0.3) is 11.9 Å². The van der Waals surface area contributed by atoms with Crippen LogP contribution in [-0.2, 0) is 82.4 Å². The number of carbonyl (C=O) groups excluding carboxylic acids is 2. The number of aryl methyl sites for hydroxylation is 2. The Morgan fingerprint density at radius 3 is 1.48 bits per heavy atom. The molecule has 1 atom stereocenters. The fourth-order valence-electron chi connectivity index (χ4n) is 13.0. The van der Waals surface area contributed by atoms with Crippen molar-refractivity contribution in [3.63, 3.8) is 0 Å². The molecule has 750 valence electrons. The summed E-state index contributed by atoms with van der Waals surface area (Å²) in [6.07, 6.45) is 22.3. The fourth-order valence-corrected chi connectivity index (χ4v) is 18.4. The molecule has 14 aromatic rings. The van der Waals surface area contributed by atoms with Crippen LogP contribution in [0.2, 0.25) is 30.1 Å². The minimum Gasteiger partial charge on any atom is -1.00 e. The van der Waals surface area contributed by atoms with E-state index < -0.39 is 53.3 Å². The van der Waals surface area contributed by atoms with E-state index in [-0.39, 0.29) is 77.4 Å². The number of aliphatic hydroxyl groups excluding tert-OH is 1. The van der Waals surface area contributed by atoms with E-state index in [2.05, 4.69) is 156 Å². The van der Waals surface area contributed by atoms with Gasteiger partial charge in [0, 0.05) is 223 Å². The van der Waals surface area contributed by atoms with Crippen molar-refractivity contribution in [2.45, 2.75) is 152 Å². The predicted molar refractivity (Wildman–Crippen MR) is 596 cm³/mol. The van der Waals surface area contributed by atoms with Crippen molar-refractivity contribution < 1.29 is 115 Å². The van der Waals surface area contributed by atoms with Gasteiger partial charge in [-0.3, -0.25) is 34.3 Å². The third-order valence-corrected chi connectivity index (χ3v) is 26.2. The van der Waals surface area contributed by atoms with Crippen molar-refractivity contribution in [2.75, 3.05) is 11.1 Å². The average molecular weight is 2690 g/mol. The van der Waals surface area contributed by atoms with Gasteiger partial charge in [-0.25, -0.2) is 34.3 Å². The van der Waals surface area contributed by atoms with E-state index >= 15 is 0 Å². The van der Waals surface area contributed by atoms with Gasteiger partial charge >= 0.3 is 53.7 Å². The van der Waals surface area contributed by atoms with Crippen LogP contribution in [0.5, 0.6) is 0 Å². The number of hydrogen-bond donors (Lipinski definition) is 8. The molecule has 29 nitrogen and oxygen atoms in total. The number of halogens is 11. The monoisotopic (exact) mass is 2680 g/mol.